The van der Waals surface area contributed by atoms with Crippen LogP contribution in [0.2, 0.25) is 0 Å². The quantitative estimate of drug-likeness (QED) is 0.798. The molecule has 1 fully saturated rings. The number of ether oxygens (including phenoxy) is 2. The van der Waals surface area contributed by atoms with Gasteiger partial charge in [-0.1, -0.05) is 5.10 Å². The molecule has 1 N–H and O–H groups in total. The van der Waals surface area contributed by atoms with Gasteiger partial charge in [0.25, 0.3) is 0 Å². The molecule has 0 bridgehead atoms. The number of benzene rings is 1. The number of aromatic nitrogens is 2. The van der Waals surface area contributed by atoms with Crippen molar-refractivity contribution in [2.24, 2.45) is 0 Å². The van der Waals surface area contributed by atoms with Crippen LogP contribution < -0.4 is 14.8 Å². The van der Waals surface area contributed by atoms with Crippen LogP contribution in [0, 0.1) is 0 Å². The molecule has 128 valence electrons. The van der Waals surface area contributed by atoms with Gasteiger partial charge in [-0.25, -0.2) is 0 Å². The molecule has 25 heavy (non-hydrogen) atoms. The number of nitrogens with one attached hydrogen (secondary N) is 1. The molecule has 10 nitrogen and oxygen atoms in total. The summed E-state index contributed by atoms with van der Waals surface area (Å²) in [5.41, 5.74) is 0.599. The molecule has 2 aromatic rings. The van der Waals surface area contributed by atoms with Gasteiger partial charge in [0.05, 0.1) is 0 Å². The number of fused-ring (bicyclic) bond motifs is 1. The van der Waals surface area contributed by atoms with Crippen LogP contribution in [0.5, 0.6) is 11.5 Å². The van der Waals surface area contributed by atoms with E-state index in [-0.39, 0.29) is 49.9 Å². The Balaban J connectivity index is 1.44. The molecule has 0 saturated carbocycles. The number of anilines is 1. The zero-order chi connectivity index (χ0) is 17.4. The second-order valence-electron chi connectivity index (χ2n) is 5.40. The van der Waals surface area contributed by atoms with E-state index < -0.39 is 5.91 Å². The molecule has 4 rings (SSSR count). The first-order chi connectivity index (χ1) is 12.1. The first kappa shape index (κ1) is 15.1. The Kier molecular flexibility index (Phi) is 3.56. The van der Waals surface area contributed by atoms with E-state index in [0.29, 0.717) is 17.1 Å². The van der Waals surface area contributed by atoms with Crippen LogP contribution in [-0.2, 0) is 14.4 Å². The first-order valence-electron chi connectivity index (χ1n) is 7.47. The third-order valence-corrected chi connectivity index (χ3v) is 3.75. The molecule has 10 heteroatoms. The van der Waals surface area contributed by atoms with Gasteiger partial charge in [0.1, 0.15) is 6.54 Å². The highest BCUT2D eigenvalue weighted by molar-refractivity contribution is 6.05. The fraction of sp³-hybridized carbons (Fsp3) is 0.267. The number of likely N-dealkylation sites (tertiary alicyclic amines) is 1. The summed E-state index contributed by atoms with van der Waals surface area (Å²) in [6, 6.07) is 4.99. The standard InChI is InChI=1S/C15H12N4O6/c20-11(6-19-12(21)3-4-13(19)22)16-15-18-17-14(25-15)8-1-2-9-10(5-8)24-7-23-9/h1-2,5H,3-4,6-7H2,(H,16,18,20). The molecular formula is C15H12N4O6. The number of nitrogens with zero attached hydrogens (tertiary/aromatic N) is 3. The van der Waals surface area contributed by atoms with E-state index in [1.807, 2.05) is 0 Å². The second-order valence-corrected chi connectivity index (χ2v) is 5.40. The maximum atomic E-state index is 11.9. The zero-order valence-electron chi connectivity index (χ0n) is 12.9. The van der Waals surface area contributed by atoms with Gasteiger partial charge >= 0.3 is 6.01 Å². The molecule has 1 aromatic heterocycles. The van der Waals surface area contributed by atoms with Crippen LogP contribution in [0.15, 0.2) is 22.6 Å². The molecule has 0 unspecified atom stereocenters. The van der Waals surface area contributed by atoms with Crippen LogP contribution in [-0.4, -0.2) is 46.2 Å². The van der Waals surface area contributed by atoms with Gasteiger partial charge in [-0.05, 0) is 18.2 Å². The lowest BCUT2D eigenvalue weighted by Crippen LogP contribution is -2.36. The molecule has 3 heterocycles. The minimum atomic E-state index is -0.593. The molecular weight excluding hydrogens is 332 g/mol. The molecule has 2 aliphatic heterocycles. The van der Waals surface area contributed by atoms with E-state index in [0.717, 1.165) is 4.90 Å². The van der Waals surface area contributed by atoms with Crippen LogP contribution in [0.25, 0.3) is 11.5 Å². The van der Waals surface area contributed by atoms with Crippen molar-refractivity contribution in [3.05, 3.63) is 18.2 Å². The molecule has 3 amide bonds. The molecule has 0 aliphatic carbocycles. The van der Waals surface area contributed by atoms with Crippen molar-refractivity contribution in [3.8, 4) is 23.0 Å². The van der Waals surface area contributed by atoms with E-state index in [4.69, 9.17) is 13.9 Å². The lowest BCUT2D eigenvalue weighted by molar-refractivity contribution is -0.141. The predicted octanol–water partition coefficient (Wildman–Crippen LogP) is 0.553. The lowest BCUT2D eigenvalue weighted by atomic mass is 10.2. The van der Waals surface area contributed by atoms with Crippen molar-refractivity contribution >= 4 is 23.7 Å². The van der Waals surface area contributed by atoms with Crippen molar-refractivity contribution in [3.63, 3.8) is 0 Å². The fourth-order valence-corrected chi connectivity index (χ4v) is 2.52. The Hall–Kier alpha value is -3.43. The number of carbonyl (C=O) groups excluding carboxylic acids is 3. The average Bonchev–Trinajstić information content (AvgIpc) is 3.31. The number of hydrogen-bond donors (Lipinski definition) is 1. The van der Waals surface area contributed by atoms with Crippen LogP contribution >= 0.6 is 0 Å². The lowest BCUT2D eigenvalue weighted by Gasteiger charge is -2.11. The maximum Gasteiger partial charge on any atom is 0.322 e. The summed E-state index contributed by atoms with van der Waals surface area (Å²) >= 11 is 0. The summed E-state index contributed by atoms with van der Waals surface area (Å²) in [5.74, 6) is 0.0361. The first-order valence-corrected chi connectivity index (χ1v) is 7.47. The number of amides is 3. The van der Waals surface area contributed by atoms with Crippen LogP contribution in [0.3, 0.4) is 0 Å². The van der Waals surface area contributed by atoms with E-state index in [1.54, 1.807) is 18.2 Å². The van der Waals surface area contributed by atoms with Crippen LogP contribution in [0.1, 0.15) is 12.8 Å². The zero-order valence-corrected chi connectivity index (χ0v) is 12.9. The highest BCUT2D eigenvalue weighted by Gasteiger charge is 2.30. The van der Waals surface area contributed by atoms with Gasteiger partial charge < -0.3 is 13.9 Å². The van der Waals surface area contributed by atoms with E-state index >= 15 is 0 Å². The fourth-order valence-electron chi connectivity index (χ4n) is 2.52. The molecule has 2 aliphatic rings. The number of carbonyl (C=O) groups is 3. The third-order valence-electron chi connectivity index (χ3n) is 3.75. The highest BCUT2D eigenvalue weighted by atomic mass is 16.7. The molecule has 0 atom stereocenters. The minimum Gasteiger partial charge on any atom is -0.454 e. The van der Waals surface area contributed by atoms with Gasteiger partial charge in [-0.15, -0.1) is 5.10 Å². The molecule has 0 spiro atoms. The van der Waals surface area contributed by atoms with Crippen molar-refractivity contribution in [1.29, 1.82) is 0 Å². The summed E-state index contributed by atoms with van der Waals surface area (Å²) in [7, 11) is 0. The Morgan fingerprint density at radius 1 is 1.12 bits per heavy atom. The van der Waals surface area contributed by atoms with Crippen molar-refractivity contribution < 1.29 is 28.3 Å². The monoisotopic (exact) mass is 344 g/mol. The van der Waals surface area contributed by atoms with Gasteiger partial charge in [0, 0.05) is 18.4 Å². The summed E-state index contributed by atoms with van der Waals surface area (Å²) in [5, 5.41) is 9.95. The second kappa shape index (κ2) is 5.89. The van der Waals surface area contributed by atoms with E-state index in [2.05, 4.69) is 15.5 Å². The number of imide groups is 1. The largest absolute Gasteiger partial charge is 0.454 e. The minimum absolute atomic E-state index is 0.126. The van der Waals surface area contributed by atoms with E-state index in [9.17, 15) is 14.4 Å². The van der Waals surface area contributed by atoms with E-state index in [1.165, 1.54) is 0 Å². The normalized spacial score (nSPS) is 15.8. The van der Waals surface area contributed by atoms with Gasteiger partial charge in [0.2, 0.25) is 30.4 Å². The highest BCUT2D eigenvalue weighted by Crippen LogP contribution is 2.35. The van der Waals surface area contributed by atoms with Crippen LogP contribution in [0.4, 0.5) is 6.01 Å². The van der Waals surface area contributed by atoms with Crippen molar-refractivity contribution in [2.75, 3.05) is 18.7 Å². The predicted molar refractivity (Wildman–Crippen MR) is 80.4 cm³/mol. The van der Waals surface area contributed by atoms with Crippen molar-refractivity contribution in [1.82, 2.24) is 15.1 Å². The van der Waals surface area contributed by atoms with Crippen molar-refractivity contribution in [2.45, 2.75) is 12.8 Å². The van der Waals surface area contributed by atoms with Gasteiger partial charge in [0.15, 0.2) is 11.5 Å². The molecule has 1 aromatic carbocycles. The maximum absolute atomic E-state index is 11.9. The Morgan fingerprint density at radius 2 is 1.88 bits per heavy atom. The summed E-state index contributed by atoms with van der Waals surface area (Å²) < 4.78 is 15.9. The Morgan fingerprint density at radius 3 is 2.68 bits per heavy atom. The SMILES string of the molecule is O=C(CN1C(=O)CCC1=O)Nc1nnc(-c2ccc3c(c2)OCO3)o1. The smallest absolute Gasteiger partial charge is 0.322 e. The number of rotatable bonds is 4. The third kappa shape index (κ3) is 2.89. The average molecular weight is 344 g/mol. The summed E-state index contributed by atoms with van der Waals surface area (Å²) in [4.78, 5) is 35.9. The Bertz CT molecular complexity index is 861. The molecule has 1 saturated heterocycles. The number of hydrogen-bond acceptors (Lipinski definition) is 8. The topological polar surface area (TPSA) is 124 Å². The summed E-state index contributed by atoms with van der Waals surface area (Å²) in [6.45, 7) is -0.225. The van der Waals surface area contributed by atoms with Gasteiger partial charge in [-0.2, -0.15) is 0 Å². The Labute approximate surface area is 140 Å². The molecule has 0 radical (unpaired) electrons. The van der Waals surface area contributed by atoms with Gasteiger partial charge in [-0.3, -0.25) is 24.6 Å². The summed E-state index contributed by atoms with van der Waals surface area (Å²) in [6.07, 6.45) is 0.252.